The Labute approximate surface area is 189 Å². The number of piperidine rings is 1. The van der Waals surface area contributed by atoms with E-state index in [-0.39, 0.29) is 12.1 Å². The monoisotopic (exact) mass is 445 g/mol. The molecule has 1 aromatic heterocycles. The van der Waals surface area contributed by atoms with Gasteiger partial charge in [0.2, 0.25) is 0 Å². The summed E-state index contributed by atoms with van der Waals surface area (Å²) in [5, 5.41) is 2.82. The maximum absolute atomic E-state index is 11.9. The van der Waals surface area contributed by atoms with Crippen LogP contribution in [0.25, 0.3) is 11.1 Å². The Bertz CT molecular complexity index is 910. The van der Waals surface area contributed by atoms with Gasteiger partial charge < -0.3 is 28.8 Å². The van der Waals surface area contributed by atoms with Gasteiger partial charge in [-0.2, -0.15) is 4.98 Å². The molecule has 2 aliphatic rings. The number of carbonyl (C=O) groups excluding carboxylic acids is 1. The lowest BCUT2D eigenvalue weighted by molar-refractivity contribution is 0.0179. The van der Waals surface area contributed by atoms with Crippen molar-refractivity contribution in [2.24, 2.45) is 5.92 Å². The Hall–Kier alpha value is -2.48. The molecule has 1 amide bonds. The molecule has 2 fully saturated rings. The van der Waals surface area contributed by atoms with Crippen LogP contribution in [-0.2, 0) is 9.47 Å². The Morgan fingerprint density at radius 2 is 2.00 bits per heavy atom. The molecule has 1 aliphatic heterocycles. The van der Waals surface area contributed by atoms with Crippen molar-refractivity contribution >= 4 is 23.2 Å². The minimum atomic E-state index is -0.507. The average Bonchev–Trinajstić information content (AvgIpc) is 3.46. The number of rotatable bonds is 8. The number of fused-ring (bicyclic) bond motifs is 1. The van der Waals surface area contributed by atoms with Gasteiger partial charge in [-0.1, -0.05) is 0 Å². The number of ether oxygens (including phenoxy) is 3. The van der Waals surface area contributed by atoms with Gasteiger partial charge in [0.1, 0.15) is 16.9 Å². The second kappa shape index (κ2) is 9.57. The van der Waals surface area contributed by atoms with Gasteiger partial charge in [-0.15, -0.1) is 0 Å². The fourth-order valence-electron chi connectivity index (χ4n) is 3.66. The van der Waals surface area contributed by atoms with Crippen molar-refractivity contribution in [1.82, 2.24) is 10.3 Å². The van der Waals surface area contributed by atoms with E-state index < -0.39 is 11.7 Å². The summed E-state index contributed by atoms with van der Waals surface area (Å²) in [6.45, 7) is 10.3. The molecule has 0 bridgehead atoms. The molecule has 1 saturated carbocycles. The number of benzene rings is 1. The predicted octanol–water partition coefficient (Wildman–Crippen LogP) is 4.52. The van der Waals surface area contributed by atoms with Crippen LogP contribution in [0.5, 0.6) is 5.75 Å². The van der Waals surface area contributed by atoms with Crippen LogP contribution in [0.1, 0.15) is 53.4 Å². The first-order chi connectivity index (χ1) is 15.2. The minimum Gasteiger partial charge on any atom is -0.493 e. The van der Waals surface area contributed by atoms with Crippen molar-refractivity contribution in [3.05, 3.63) is 18.2 Å². The van der Waals surface area contributed by atoms with Crippen molar-refractivity contribution < 1.29 is 23.4 Å². The van der Waals surface area contributed by atoms with Gasteiger partial charge in [-0.05, 0) is 71.4 Å². The Morgan fingerprint density at radius 3 is 2.69 bits per heavy atom. The SMILES string of the molecule is C[C@@H](COC1CCN(c2nc3cc(OCC4CC4)ccc3o2)CC1)NC(=O)OC(C)(C)C. The lowest BCUT2D eigenvalue weighted by Gasteiger charge is -2.31. The highest BCUT2D eigenvalue weighted by Gasteiger charge is 2.25. The molecule has 1 aromatic carbocycles. The summed E-state index contributed by atoms with van der Waals surface area (Å²) in [7, 11) is 0. The normalized spacial score (nSPS) is 18.6. The van der Waals surface area contributed by atoms with E-state index in [9.17, 15) is 4.79 Å². The Morgan fingerprint density at radius 1 is 1.25 bits per heavy atom. The smallest absolute Gasteiger partial charge is 0.407 e. The number of aromatic nitrogens is 1. The van der Waals surface area contributed by atoms with Gasteiger partial charge in [0.25, 0.3) is 6.01 Å². The lowest BCUT2D eigenvalue weighted by atomic mass is 10.1. The van der Waals surface area contributed by atoms with E-state index in [2.05, 4.69) is 15.2 Å². The number of carbonyl (C=O) groups is 1. The number of nitrogens with one attached hydrogen (secondary N) is 1. The van der Waals surface area contributed by atoms with Gasteiger partial charge in [0.15, 0.2) is 5.58 Å². The van der Waals surface area contributed by atoms with Gasteiger partial charge in [0, 0.05) is 19.2 Å². The zero-order chi connectivity index (χ0) is 22.7. The van der Waals surface area contributed by atoms with Crippen LogP contribution in [0.2, 0.25) is 0 Å². The van der Waals surface area contributed by atoms with Crippen LogP contribution in [0.4, 0.5) is 10.8 Å². The molecule has 0 spiro atoms. The fraction of sp³-hybridized carbons (Fsp3) is 0.667. The lowest BCUT2D eigenvalue weighted by Crippen LogP contribution is -2.42. The zero-order valence-corrected chi connectivity index (χ0v) is 19.6. The predicted molar refractivity (Wildman–Crippen MR) is 122 cm³/mol. The highest BCUT2D eigenvalue weighted by molar-refractivity contribution is 5.76. The molecule has 4 rings (SSSR count). The van der Waals surface area contributed by atoms with Crippen molar-refractivity contribution in [3.63, 3.8) is 0 Å². The third-order valence-electron chi connectivity index (χ3n) is 5.59. The Balaban J connectivity index is 1.22. The van der Waals surface area contributed by atoms with Crippen molar-refractivity contribution in [2.75, 3.05) is 31.2 Å². The van der Waals surface area contributed by atoms with E-state index >= 15 is 0 Å². The molecule has 1 saturated heterocycles. The molecule has 1 N–H and O–H groups in total. The van der Waals surface area contributed by atoms with Gasteiger partial charge >= 0.3 is 6.09 Å². The standard InChI is InChI=1S/C24H35N3O5/c1-16(25-23(28)32-24(2,3)4)14-29-18-9-11-27(12-10-18)22-26-20-13-19(7-8-21(20)31-22)30-15-17-5-6-17/h7-8,13,16-18H,5-6,9-12,14-15H2,1-4H3,(H,25,28)/t16-/m0/s1. The molecule has 1 atom stereocenters. The number of nitrogens with zero attached hydrogens (tertiary/aromatic N) is 2. The quantitative estimate of drug-likeness (QED) is 0.639. The van der Waals surface area contributed by atoms with Gasteiger partial charge in [-0.25, -0.2) is 4.79 Å². The van der Waals surface area contributed by atoms with Crippen LogP contribution in [-0.4, -0.2) is 55.1 Å². The second-order valence-electron chi connectivity index (χ2n) is 9.95. The number of anilines is 1. The molecular weight excluding hydrogens is 410 g/mol. The minimum absolute atomic E-state index is 0.115. The maximum Gasteiger partial charge on any atom is 0.407 e. The van der Waals surface area contributed by atoms with Gasteiger partial charge in [-0.3, -0.25) is 0 Å². The third kappa shape index (κ3) is 6.51. The summed E-state index contributed by atoms with van der Waals surface area (Å²) in [6.07, 6.45) is 4.05. The maximum atomic E-state index is 11.9. The van der Waals surface area contributed by atoms with E-state index in [1.165, 1.54) is 12.8 Å². The van der Waals surface area contributed by atoms with Crippen molar-refractivity contribution in [2.45, 2.75) is 71.1 Å². The number of amides is 1. The summed E-state index contributed by atoms with van der Waals surface area (Å²) in [5.41, 5.74) is 1.10. The zero-order valence-electron chi connectivity index (χ0n) is 19.6. The molecular formula is C24H35N3O5. The molecule has 8 heteroatoms. The molecule has 8 nitrogen and oxygen atoms in total. The first kappa shape index (κ1) is 22.7. The second-order valence-corrected chi connectivity index (χ2v) is 9.95. The summed E-state index contributed by atoms with van der Waals surface area (Å²) in [5.74, 6) is 1.57. The fourth-order valence-corrected chi connectivity index (χ4v) is 3.66. The van der Waals surface area contributed by atoms with E-state index in [4.69, 9.17) is 18.6 Å². The van der Waals surface area contributed by atoms with Crippen LogP contribution in [0.3, 0.4) is 0 Å². The molecule has 2 aromatic rings. The summed E-state index contributed by atoms with van der Waals surface area (Å²) < 4.78 is 23.1. The number of alkyl carbamates (subject to hydrolysis) is 1. The molecule has 2 heterocycles. The summed E-state index contributed by atoms with van der Waals surface area (Å²) >= 11 is 0. The van der Waals surface area contributed by atoms with E-state index in [1.807, 2.05) is 45.9 Å². The molecule has 0 unspecified atom stereocenters. The highest BCUT2D eigenvalue weighted by Crippen LogP contribution is 2.31. The first-order valence-electron chi connectivity index (χ1n) is 11.6. The van der Waals surface area contributed by atoms with E-state index in [0.29, 0.717) is 12.6 Å². The molecule has 32 heavy (non-hydrogen) atoms. The topological polar surface area (TPSA) is 86.1 Å². The van der Waals surface area contributed by atoms with E-state index in [1.54, 1.807) is 0 Å². The molecule has 0 radical (unpaired) electrons. The molecule has 1 aliphatic carbocycles. The first-order valence-corrected chi connectivity index (χ1v) is 11.6. The number of hydrogen-bond donors (Lipinski definition) is 1. The largest absolute Gasteiger partial charge is 0.493 e. The van der Waals surface area contributed by atoms with Crippen LogP contribution in [0.15, 0.2) is 22.6 Å². The number of oxazole rings is 1. The molecule has 176 valence electrons. The average molecular weight is 446 g/mol. The highest BCUT2D eigenvalue weighted by atomic mass is 16.6. The van der Waals surface area contributed by atoms with Crippen molar-refractivity contribution in [1.29, 1.82) is 0 Å². The van der Waals surface area contributed by atoms with Gasteiger partial charge in [0.05, 0.1) is 25.4 Å². The van der Waals surface area contributed by atoms with E-state index in [0.717, 1.165) is 55.3 Å². The summed E-state index contributed by atoms with van der Waals surface area (Å²) in [6, 6.07) is 6.38. The van der Waals surface area contributed by atoms with Crippen LogP contribution < -0.4 is 15.0 Å². The van der Waals surface area contributed by atoms with Crippen molar-refractivity contribution in [3.8, 4) is 5.75 Å². The van der Waals surface area contributed by atoms with Crippen LogP contribution in [0, 0.1) is 5.92 Å². The number of hydrogen-bond acceptors (Lipinski definition) is 7. The Kier molecular flexibility index (Phi) is 6.79. The van der Waals surface area contributed by atoms with Crippen LogP contribution >= 0.6 is 0 Å². The third-order valence-corrected chi connectivity index (χ3v) is 5.59. The summed E-state index contributed by atoms with van der Waals surface area (Å²) in [4.78, 5) is 18.7.